The first-order chi connectivity index (χ1) is 10.1. The summed E-state index contributed by atoms with van der Waals surface area (Å²) in [5.41, 5.74) is 3.67. The van der Waals surface area contributed by atoms with Crippen LogP contribution in [0.2, 0.25) is 0 Å². The molecular weight excluding hydrogens is 268 g/mol. The van der Waals surface area contributed by atoms with Gasteiger partial charge in [0, 0.05) is 18.8 Å². The van der Waals surface area contributed by atoms with Crippen molar-refractivity contribution >= 4 is 17.0 Å². The second-order valence-corrected chi connectivity index (χ2v) is 5.26. The number of nitrogens with one attached hydrogen (secondary N) is 2. The van der Waals surface area contributed by atoms with Gasteiger partial charge in [-0.15, -0.1) is 0 Å². The Morgan fingerprint density at radius 2 is 2.33 bits per heavy atom. The number of fused-ring (bicyclic) bond motifs is 1. The number of carbonyl (C=O) groups is 1. The fourth-order valence-electron chi connectivity index (χ4n) is 2.52. The lowest BCUT2D eigenvalue weighted by atomic mass is 10.1. The average molecular weight is 286 g/mol. The van der Waals surface area contributed by atoms with Crippen LogP contribution in [-0.4, -0.2) is 35.7 Å². The van der Waals surface area contributed by atoms with Gasteiger partial charge in [-0.1, -0.05) is 16.8 Å². The normalized spacial score (nSPS) is 15.0. The molecule has 0 aromatic carbocycles. The lowest BCUT2D eigenvalue weighted by molar-refractivity contribution is 0.0958. The summed E-state index contributed by atoms with van der Waals surface area (Å²) in [6.07, 6.45) is 3.10. The Morgan fingerprint density at radius 1 is 1.48 bits per heavy atom. The second kappa shape index (κ2) is 5.65. The minimum absolute atomic E-state index is 0.115. The molecule has 0 spiro atoms. The zero-order chi connectivity index (χ0) is 14.8. The predicted molar refractivity (Wildman–Crippen MR) is 79.2 cm³/mol. The van der Waals surface area contributed by atoms with E-state index in [2.05, 4.69) is 26.9 Å². The molecule has 1 aliphatic rings. The van der Waals surface area contributed by atoms with Crippen LogP contribution in [0.5, 0.6) is 0 Å². The molecule has 0 aliphatic carbocycles. The number of amides is 1. The van der Waals surface area contributed by atoms with E-state index in [1.54, 1.807) is 6.07 Å². The molecule has 1 amide bonds. The van der Waals surface area contributed by atoms with Gasteiger partial charge < -0.3 is 15.2 Å². The van der Waals surface area contributed by atoms with Gasteiger partial charge in [0.25, 0.3) is 11.6 Å². The van der Waals surface area contributed by atoms with E-state index in [-0.39, 0.29) is 5.91 Å². The van der Waals surface area contributed by atoms with Crippen LogP contribution >= 0.6 is 0 Å². The number of rotatable bonds is 3. The van der Waals surface area contributed by atoms with E-state index in [9.17, 15) is 4.79 Å². The van der Waals surface area contributed by atoms with Crippen LogP contribution in [0.1, 0.15) is 28.2 Å². The Labute approximate surface area is 122 Å². The Kier molecular flexibility index (Phi) is 3.70. The van der Waals surface area contributed by atoms with E-state index in [1.807, 2.05) is 13.8 Å². The van der Waals surface area contributed by atoms with Crippen molar-refractivity contribution in [2.24, 2.45) is 0 Å². The maximum Gasteiger partial charge on any atom is 0.258 e. The minimum atomic E-state index is -0.115. The molecule has 1 aliphatic heterocycles. The molecule has 0 radical (unpaired) electrons. The van der Waals surface area contributed by atoms with Gasteiger partial charge in [-0.25, -0.2) is 4.98 Å². The molecular formula is C15H18N4O2. The molecule has 6 nitrogen and oxygen atoms in total. The van der Waals surface area contributed by atoms with Crippen LogP contribution in [0, 0.1) is 13.8 Å². The molecule has 110 valence electrons. The molecule has 0 fully saturated rings. The van der Waals surface area contributed by atoms with Crippen LogP contribution in [-0.2, 0) is 0 Å². The molecule has 0 saturated carbocycles. The highest BCUT2D eigenvalue weighted by Crippen LogP contribution is 2.21. The number of pyridine rings is 1. The van der Waals surface area contributed by atoms with Gasteiger partial charge in [0.05, 0.1) is 16.6 Å². The number of nitrogens with zero attached hydrogens (tertiary/aromatic N) is 2. The summed E-state index contributed by atoms with van der Waals surface area (Å²) in [5.74, 6) is -0.115. The van der Waals surface area contributed by atoms with E-state index in [1.165, 1.54) is 5.57 Å². The van der Waals surface area contributed by atoms with Crippen molar-refractivity contribution in [1.82, 2.24) is 20.8 Å². The summed E-state index contributed by atoms with van der Waals surface area (Å²) in [7, 11) is 0. The molecule has 0 saturated heterocycles. The molecule has 2 aromatic heterocycles. The number of aryl methyl sites for hydroxylation is 2. The Morgan fingerprint density at radius 3 is 3.10 bits per heavy atom. The number of carbonyl (C=O) groups excluding carboxylic acids is 1. The maximum atomic E-state index is 12.5. The average Bonchev–Trinajstić information content (AvgIpc) is 2.86. The molecule has 0 bridgehead atoms. The predicted octanol–water partition coefficient (Wildman–Crippen LogP) is 1.49. The summed E-state index contributed by atoms with van der Waals surface area (Å²) in [4.78, 5) is 16.7. The summed E-state index contributed by atoms with van der Waals surface area (Å²) >= 11 is 0. The van der Waals surface area contributed by atoms with Gasteiger partial charge in [0.15, 0.2) is 0 Å². The van der Waals surface area contributed by atoms with Crippen LogP contribution in [0.15, 0.2) is 22.2 Å². The smallest absolute Gasteiger partial charge is 0.258 e. The van der Waals surface area contributed by atoms with Gasteiger partial charge in [0.2, 0.25) is 0 Å². The third-order valence-corrected chi connectivity index (χ3v) is 3.62. The van der Waals surface area contributed by atoms with Crippen molar-refractivity contribution in [3.05, 3.63) is 34.7 Å². The summed E-state index contributed by atoms with van der Waals surface area (Å²) in [5, 5.41) is 10.8. The minimum Gasteiger partial charge on any atom is -0.348 e. The monoisotopic (exact) mass is 286 g/mol. The number of hydrogen-bond donors (Lipinski definition) is 2. The van der Waals surface area contributed by atoms with Crippen LogP contribution in [0.25, 0.3) is 11.1 Å². The molecule has 3 heterocycles. The maximum absolute atomic E-state index is 12.5. The molecule has 2 N–H and O–H groups in total. The lowest BCUT2D eigenvalue weighted by Gasteiger charge is -2.14. The highest BCUT2D eigenvalue weighted by Gasteiger charge is 2.17. The van der Waals surface area contributed by atoms with Gasteiger partial charge in [0.1, 0.15) is 0 Å². The number of aromatic nitrogens is 2. The molecule has 2 aromatic rings. The zero-order valence-corrected chi connectivity index (χ0v) is 12.2. The molecule has 6 heteroatoms. The zero-order valence-electron chi connectivity index (χ0n) is 12.2. The molecule has 0 unspecified atom stereocenters. The second-order valence-electron chi connectivity index (χ2n) is 5.26. The quantitative estimate of drug-likeness (QED) is 0.836. The Bertz CT molecular complexity index is 718. The van der Waals surface area contributed by atoms with Gasteiger partial charge in [-0.05, 0) is 32.9 Å². The first-order valence-electron chi connectivity index (χ1n) is 7.05. The van der Waals surface area contributed by atoms with Crippen molar-refractivity contribution in [1.29, 1.82) is 0 Å². The van der Waals surface area contributed by atoms with Crippen LogP contribution in [0.4, 0.5) is 0 Å². The van der Waals surface area contributed by atoms with E-state index >= 15 is 0 Å². The van der Waals surface area contributed by atoms with Crippen molar-refractivity contribution in [2.75, 3.05) is 19.6 Å². The number of hydrogen-bond acceptors (Lipinski definition) is 5. The van der Waals surface area contributed by atoms with Gasteiger partial charge >= 0.3 is 0 Å². The van der Waals surface area contributed by atoms with Gasteiger partial charge in [-0.3, -0.25) is 4.79 Å². The van der Waals surface area contributed by atoms with Crippen molar-refractivity contribution < 1.29 is 9.32 Å². The van der Waals surface area contributed by atoms with Crippen LogP contribution in [0.3, 0.4) is 0 Å². The SMILES string of the molecule is Cc1cc(C(=O)NCC2=CCNCC2)c2c(C)noc2n1. The van der Waals surface area contributed by atoms with E-state index in [0.29, 0.717) is 28.9 Å². The fraction of sp³-hybridized carbons (Fsp3) is 0.400. The fourth-order valence-corrected chi connectivity index (χ4v) is 2.52. The summed E-state index contributed by atoms with van der Waals surface area (Å²) in [6, 6.07) is 1.78. The third-order valence-electron chi connectivity index (χ3n) is 3.62. The Balaban J connectivity index is 1.84. The highest BCUT2D eigenvalue weighted by molar-refractivity contribution is 6.06. The van der Waals surface area contributed by atoms with Crippen molar-refractivity contribution in [2.45, 2.75) is 20.3 Å². The first kappa shape index (κ1) is 13.8. The largest absolute Gasteiger partial charge is 0.348 e. The Hall–Kier alpha value is -2.21. The van der Waals surface area contributed by atoms with Crippen LogP contribution < -0.4 is 10.6 Å². The third kappa shape index (κ3) is 2.80. The molecule has 3 rings (SSSR count). The van der Waals surface area contributed by atoms with Crippen molar-refractivity contribution in [3.8, 4) is 0 Å². The summed E-state index contributed by atoms with van der Waals surface area (Å²) in [6.45, 7) is 6.06. The van der Waals surface area contributed by atoms with Gasteiger partial charge in [-0.2, -0.15) is 0 Å². The lowest BCUT2D eigenvalue weighted by Crippen LogP contribution is -2.29. The molecule has 21 heavy (non-hydrogen) atoms. The topological polar surface area (TPSA) is 80.0 Å². The highest BCUT2D eigenvalue weighted by atomic mass is 16.5. The summed E-state index contributed by atoms with van der Waals surface area (Å²) < 4.78 is 5.15. The van der Waals surface area contributed by atoms with E-state index in [0.717, 1.165) is 25.2 Å². The first-order valence-corrected chi connectivity index (χ1v) is 7.05. The van der Waals surface area contributed by atoms with E-state index < -0.39 is 0 Å². The standard InChI is InChI=1S/C15H18N4O2/c1-9-7-12(13-10(2)19-21-15(13)18-9)14(20)17-8-11-3-5-16-6-4-11/h3,7,16H,4-6,8H2,1-2H3,(H,17,20). The van der Waals surface area contributed by atoms with E-state index in [4.69, 9.17) is 4.52 Å². The van der Waals surface area contributed by atoms with Crippen molar-refractivity contribution in [3.63, 3.8) is 0 Å². The molecule has 0 atom stereocenters.